The van der Waals surface area contributed by atoms with Crippen LogP contribution in [0.1, 0.15) is 17.4 Å². The number of aromatic nitrogens is 2. The van der Waals surface area contributed by atoms with E-state index in [0.717, 1.165) is 0 Å². The Balaban J connectivity index is 1.71. The van der Waals surface area contributed by atoms with E-state index in [1.807, 2.05) is 13.0 Å². The molecule has 8 heteroatoms. The number of benzene rings is 3. The third kappa shape index (κ3) is 4.34. The predicted molar refractivity (Wildman–Crippen MR) is 124 cm³/mol. The van der Waals surface area contributed by atoms with Gasteiger partial charge < -0.3 is 16.0 Å². The number of carbonyl (C=O) groups is 2. The molecule has 0 atom stereocenters. The smallest absolute Gasteiger partial charge is 0.319 e. The van der Waals surface area contributed by atoms with E-state index in [4.69, 9.17) is 0 Å². The minimum atomic E-state index is -0.471. The molecular formula is C24H21N5O3. The molecule has 0 fully saturated rings. The van der Waals surface area contributed by atoms with Crippen molar-refractivity contribution in [2.75, 3.05) is 17.2 Å². The fraction of sp³-hybridized carbons (Fsp3) is 0.0833. The molecule has 1 heterocycles. The van der Waals surface area contributed by atoms with Crippen LogP contribution in [-0.2, 0) is 0 Å². The summed E-state index contributed by atoms with van der Waals surface area (Å²) in [4.78, 5) is 37.9. The van der Waals surface area contributed by atoms with Gasteiger partial charge in [-0.1, -0.05) is 42.5 Å². The summed E-state index contributed by atoms with van der Waals surface area (Å²) in [6.45, 7) is 2.32. The number of para-hydroxylation sites is 1. The van der Waals surface area contributed by atoms with Crippen LogP contribution in [-0.4, -0.2) is 28.3 Å². The maximum Gasteiger partial charge on any atom is 0.319 e. The van der Waals surface area contributed by atoms with Crippen molar-refractivity contribution in [3.8, 4) is 5.69 Å². The van der Waals surface area contributed by atoms with Gasteiger partial charge in [-0.05, 0) is 43.3 Å². The second-order valence-electron chi connectivity index (χ2n) is 6.97. The highest BCUT2D eigenvalue weighted by atomic mass is 16.2. The molecule has 0 spiro atoms. The quantitative estimate of drug-likeness (QED) is 0.451. The van der Waals surface area contributed by atoms with E-state index in [9.17, 15) is 14.4 Å². The number of anilines is 2. The Hall–Kier alpha value is -4.46. The van der Waals surface area contributed by atoms with Gasteiger partial charge in [-0.2, -0.15) is 9.78 Å². The second kappa shape index (κ2) is 9.13. The Bertz CT molecular complexity index is 1350. The Morgan fingerprint density at radius 3 is 2.22 bits per heavy atom. The molecule has 3 amide bonds. The van der Waals surface area contributed by atoms with Gasteiger partial charge in [-0.3, -0.25) is 9.59 Å². The SMILES string of the molecule is CCNC(=O)Nc1cccc(NC(=O)c2nn(-c3ccccc3)c(=O)c3ccccc23)c1. The van der Waals surface area contributed by atoms with Crippen molar-refractivity contribution in [1.29, 1.82) is 0 Å². The van der Waals surface area contributed by atoms with Crippen molar-refractivity contribution in [3.05, 3.63) is 94.9 Å². The van der Waals surface area contributed by atoms with Gasteiger partial charge in [-0.25, -0.2) is 4.79 Å². The largest absolute Gasteiger partial charge is 0.338 e. The molecule has 4 aromatic rings. The van der Waals surface area contributed by atoms with E-state index in [2.05, 4.69) is 21.0 Å². The van der Waals surface area contributed by atoms with Crippen LogP contribution in [0.5, 0.6) is 0 Å². The number of nitrogens with one attached hydrogen (secondary N) is 3. The van der Waals surface area contributed by atoms with E-state index in [1.54, 1.807) is 72.8 Å². The number of nitrogens with zero attached hydrogens (tertiary/aromatic N) is 2. The maximum atomic E-state index is 13.2. The third-order valence-corrected chi connectivity index (χ3v) is 4.74. The Morgan fingerprint density at radius 1 is 0.844 bits per heavy atom. The molecule has 32 heavy (non-hydrogen) atoms. The maximum absolute atomic E-state index is 13.2. The summed E-state index contributed by atoms with van der Waals surface area (Å²) in [5.74, 6) is -0.471. The average molecular weight is 427 g/mol. The minimum Gasteiger partial charge on any atom is -0.338 e. The number of urea groups is 1. The van der Waals surface area contributed by atoms with Gasteiger partial charge in [0.1, 0.15) is 0 Å². The first kappa shape index (κ1) is 20.8. The minimum absolute atomic E-state index is 0.117. The van der Waals surface area contributed by atoms with Crippen molar-refractivity contribution < 1.29 is 9.59 Å². The normalized spacial score (nSPS) is 10.5. The predicted octanol–water partition coefficient (Wildman–Crippen LogP) is 3.78. The van der Waals surface area contributed by atoms with Crippen molar-refractivity contribution in [3.63, 3.8) is 0 Å². The van der Waals surface area contributed by atoms with Gasteiger partial charge in [0.05, 0.1) is 11.1 Å². The van der Waals surface area contributed by atoms with E-state index in [-0.39, 0.29) is 17.3 Å². The number of amides is 3. The van der Waals surface area contributed by atoms with Crippen LogP contribution in [0, 0.1) is 0 Å². The first-order valence-electron chi connectivity index (χ1n) is 10.1. The number of rotatable bonds is 5. The second-order valence-corrected chi connectivity index (χ2v) is 6.97. The molecule has 3 aromatic carbocycles. The van der Waals surface area contributed by atoms with Crippen LogP contribution in [0.15, 0.2) is 83.7 Å². The summed E-state index contributed by atoms with van der Waals surface area (Å²) < 4.78 is 1.23. The van der Waals surface area contributed by atoms with Crippen LogP contribution in [0.4, 0.5) is 16.2 Å². The molecule has 0 aliphatic rings. The van der Waals surface area contributed by atoms with Crippen LogP contribution >= 0.6 is 0 Å². The van der Waals surface area contributed by atoms with Crippen molar-refractivity contribution in [1.82, 2.24) is 15.1 Å². The molecule has 0 radical (unpaired) electrons. The number of hydrogen-bond acceptors (Lipinski definition) is 4. The summed E-state index contributed by atoms with van der Waals surface area (Å²) in [6, 6.07) is 22.2. The third-order valence-electron chi connectivity index (χ3n) is 4.74. The Kier molecular flexibility index (Phi) is 5.94. The van der Waals surface area contributed by atoms with E-state index in [0.29, 0.717) is 34.4 Å². The van der Waals surface area contributed by atoms with Gasteiger partial charge in [-0.15, -0.1) is 0 Å². The molecule has 1 aromatic heterocycles. The average Bonchev–Trinajstić information content (AvgIpc) is 2.80. The number of hydrogen-bond donors (Lipinski definition) is 3. The summed E-state index contributed by atoms with van der Waals surface area (Å²) in [5.41, 5.74) is 1.38. The summed E-state index contributed by atoms with van der Waals surface area (Å²) in [5, 5.41) is 13.4. The molecule has 0 aliphatic heterocycles. The highest BCUT2D eigenvalue weighted by Gasteiger charge is 2.18. The summed E-state index contributed by atoms with van der Waals surface area (Å²) in [6.07, 6.45) is 0. The highest BCUT2D eigenvalue weighted by molar-refractivity contribution is 6.11. The lowest BCUT2D eigenvalue weighted by molar-refractivity contribution is 0.102. The molecular weight excluding hydrogens is 406 g/mol. The zero-order chi connectivity index (χ0) is 22.5. The van der Waals surface area contributed by atoms with Gasteiger partial charge in [0, 0.05) is 23.3 Å². The van der Waals surface area contributed by atoms with E-state index < -0.39 is 5.91 Å². The Morgan fingerprint density at radius 2 is 1.50 bits per heavy atom. The molecule has 0 saturated carbocycles. The van der Waals surface area contributed by atoms with Gasteiger partial charge in [0.2, 0.25) is 0 Å². The van der Waals surface area contributed by atoms with E-state index >= 15 is 0 Å². The van der Waals surface area contributed by atoms with Crippen molar-refractivity contribution >= 4 is 34.1 Å². The van der Waals surface area contributed by atoms with Crippen molar-refractivity contribution in [2.24, 2.45) is 0 Å². The topological polar surface area (TPSA) is 105 Å². The zero-order valence-electron chi connectivity index (χ0n) is 17.3. The first-order chi connectivity index (χ1) is 15.6. The van der Waals surface area contributed by atoms with Crippen LogP contribution in [0.2, 0.25) is 0 Å². The molecule has 4 rings (SSSR count). The van der Waals surface area contributed by atoms with Gasteiger partial charge in [0.15, 0.2) is 5.69 Å². The fourth-order valence-electron chi connectivity index (χ4n) is 3.30. The number of carbonyl (C=O) groups excluding carboxylic acids is 2. The van der Waals surface area contributed by atoms with E-state index in [1.165, 1.54) is 4.68 Å². The first-order valence-corrected chi connectivity index (χ1v) is 10.1. The highest BCUT2D eigenvalue weighted by Crippen LogP contribution is 2.19. The van der Waals surface area contributed by atoms with Crippen LogP contribution < -0.4 is 21.5 Å². The van der Waals surface area contributed by atoms with Crippen LogP contribution in [0.25, 0.3) is 16.5 Å². The van der Waals surface area contributed by atoms with Crippen molar-refractivity contribution in [2.45, 2.75) is 6.92 Å². The molecule has 160 valence electrons. The molecule has 8 nitrogen and oxygen atoms in total. The van der Waals surface area contributed by atoms with Crippen LogP contribution in [0.3, 0.4) is 0 Å². The fourth-order valence-corrected chi connectivity index (χ4v) is 3.30. The lowest BCUT2D eigenvalue weighted by atomic mass is 10.1. The molecule has 3 N–H and O–H groups in total. The monoisotopic (exact) mass is 427 g/mol. The lowest BCUT2D eigenvalue weighted by Crippen LogP contribution is -2.28. The molecule has 0 aliphatic carbocycles. The zero-order valence-corrected chi connectivity index (χ0v) is 17.3. The van der Waals surface area contributed by atoms with Gasteiger partial charge >= 0.3 is 6.03 Å². The lowest BCUT2D eigenvalue weighted by Gasteiger charge is -2.12. The molecule has 0 unspecified atom stereocenters. The molecule has 0 bridgehead atoms. The summed E-state index contributed by atoms with van der Waals surface area (Å²) in [7, 11) is 0. The standard InChI is InChI=1S/C24H21N5O3/c1-2-25-24(32)27-17-10-8-9-16(15-17)26-22(30)21-19-13-6-7-14-20(19)23(31)29(28-21)18-11-4-3-5-12-18/h3-15H,2H2,1H3,(H,26,30)(H2,25,27,32). The Labute approximate surface area is 183 Å². The number of fused-ring (bicyclic) bond motifs is 1. The summed E-state index contributed by atoms with van der Waals surface area (Å²) >= 11 is 0. The molecule has 0 saturated heterocycles. The van der Waals surface area contributed by atoms with Gasteiger partial charge in [0.25, 0.3) is 11.5 Å².